The van der Waals surface area contributed by atoms with E-state index in [2.05, 4.69) is 12.2 Å². The summed E-state index contributed by atoms with van der Waals surface area (Å²) in [6.45, 7) is 3.25. The highest BCUT2D eigenvalue weighted by Gasteiger charge is 2.26. The summed E-state index contributed by atoms with van der Waals surface area (Å²) < 4.78 is 10.3. The SMILES string of the molecule is C[C@@H]1CCCC[C@H]1NC(=O)[C@@H](C)OC(=O)COc1ccc([N+](=O)[O-])cc1. The van der Waals surface area contributed by atoms with Gasteiger partial charge in [0.1, 0.15) is 5.75 Å². The molecule has 8 heteroatoms. The van der Waals surface area contributed by atoms with Crippen molar-refractivity contribution in [1.29, 1.82) is 0 Å². The van der Waals surface area contributed by atoms with E-state index in [-0.39, 0.29) is 24.2 Å². The second kappa shape index (κ2) is 9.17. The predicted molar refractivity (Wildman–Crippen MR) is 93.7 cm³/mol. The number of nitro groups is 1. The third kappa shape index (κ3) is 5.72. The first-order valence-electron chi connectivity index (χ1n) is 8.74. The summed E-state index contributed by atoms with van der Waals surface area (Å²) in [7, 11) is 0. The molecule has 0 spiro atoms. The van der Waals surface area contributed by atoms with Gasteiger partial charge in [-0.05, 0) is 37.8 Å². The third-order valence-electron chi connectivity index (χ3n) is 4.52. The Morgan fingerprint density at radius 1 is 1.27 bits per heavy atom. The number of esters is 1. The smallest absolute Gasteiger partial charge is 0.344 e. The van der Waals surface area contributed by atoms with E-state index in [9.17, 15) is 19.7 Å². The van der Waals surface area contributed by atoms with Crippen LogP contribution in [0.25, 0.3) is 0 Å². The lowest BCUT2D eigenvalue weighted by Crippen LogP contribution is -2.46. The second-order valence-corrected chi connectivity index (χ2v) is 6.55. The Balaban J connectivity index is 1.75. The number of ether oxygens (including phenoxy) is 2. The van der Waals surface area contributed by atoms with E-state index >= 15 is 0 Å². The maximum atomic E-state index is 12.2. The summed E-state index contributed by atoms with van der Waals surface area (Å²) in [6, 6.07) is 5.47. The number of nitrogens with zero attached hydrogens (tertiary/aromatic N) is 1. The Morgan fingerprint density at radius 2 is 1.92 bits per heavy atom. The van der Waals surface area contributed by atoms with Crippen LogP contribution in [0.1, 0.15) is 39.5 Å². The van der Waals surface area contributed by atoms with Crippen molar-refractivity contribution >= 4 is 17.6 Å². The van der Waals surface area contributed by atoms with Crippen molar-refractivity contribution in [3.63, 3.8) is 0 Å². The summed E-state index contributed by atoms with van der Waals surface area (Å²) in [5.74, 6) is -0.267. The average Bonchev–Trinajstić information content (AvgIpc) is 2.62. The first-order chi connectivity index (χ1) is 12.4. The fraction of sp³-hybridized carbons (Fsp3) is 0.556. The second-order valence-electron chi connectivity index (χ2n) is 6.55. The third-order valence-corrected chi connectivity index (χ3v) is 4.52. The summed E-state index contributed by atoms with van der Waals surface area (Å²) in [4.78, 5) is 34.1. The Bertz CT molecular complexity index is 646. The molecule has 1 saturated carbocycles. The molecule has 0 saturated heterocycles. The van der Waals surface area contributed by atoms with Crippen molar-refractivity contribution in [3.05, 3.63) is 34.4 Å². The van der Waals surface area contributed by atoms with Crippen molar-refractivity contribution < 1.29 is 24.0 Å². The molecule has 2 rings (SSSR count). The Kier molecular flexibility index (Phi) is 6.94. The number of hydrogen-bond donors (Lipinski definition) is 1. The summed E-state index contributed by atoms with van der Waals surface area (Å²) >= 11 is 0. The Labute approximate surface area is 152 Å². The van der Waals surface area contributed by atoms with E-state index in [4.69, 9.17) is 9.47 Å². The van der Waals surface area contributed by atoms with Crippen LogP contribution in [0.2, 0.25) is 0 Å². The van der Waals surface area contributed by atoms with E-state index in [0.29, 0.717) is 11.7 Å². The summed E-state index contributed by atoms with van der Waals surface area (Å²) in [5.41, 5.74) is -0.0674. The van der Waals surface area contributed by atoms with E-state index in [1.807, 2.05) is 0 Å². The molecule has 0 bridgehead atoms. The lowest BCUT2D eigenvalue weighted by molar-refractivity contribution is -0.384. The van der Waals surface area contributed by atoms with Crippen molar-refractivity contribution in [2.45, 2.75) is 51.7 Å². The zero-order valence-corrected chi connectivity index (χ0v) is 15.0. The fourth-order valence-corrected chi connectivity index (χ4v) is 2.92. The van der Waals surface area contributed by atoms with Gasteiger partial charge in [-0.1, -0.05) is 19.8 Å². The maximum absolute atomic E-state index is 12.2. The molecule has 0 unspecified atom stereocenters. The van der Waals surface area contributed by atoms with Gasteiger partial charge >= 0.3 is 5.97 Å². The highest BCUT2D eigenvalue weighted by Crippen LogP contribution is 2.23. The molecule has 0 aromatic heterocycles. The first-order valence-corrected chi connectivity index (χ1v) is 8.74. The van der Waals surface area contributed by atoms with E-state index in [1.165, 1.54) is 37.6 Å². The topological polar surface area (TPSA) is 108 Å². The van der Waals surface area contributed by atoms with Crippen LogP contribution in [0.5, 0.6) is 5.75 Å². The number of hydrogen-bond acceptors (Lipinski definition) is 6. The molecule has 1 fully saturated rings. The van der Waals surface area contributed by atoms with Crippen molar-refractivity contribution in [2.75, 3.05) is 6.61 Å². The lowest BCUT2D eigenvalue weighted by Gasteiger charge is -2.30. The molecule has 0 heterocycles. The standard InChI is InChI=1S/C18H24N2O6/c1-12-5-3-4-6-16(12)19-18(22)13(2)26-17(21)11-25-15-9-7-14(8-10-15)20(23)24/h7-10,12-13,16H,3-6,11H2,1-2H3,(H,19,22)/t12-,13-,16-/m1/s1. The highest BCUT2D eigenvalue weighted by molar-refractivity contribution is 5.83. The monoisotopic (exact) mass is 364 g/mol. The number of nitro benzene ring substituents is 1. The Hall–Kier alpha value is -2.64. The van der Waals surface area contributed by atoms with Gasteiger partial charge in [0.05, 0.1) is 4.92 Å². The molecule has 3 atom stereocenters. The minimum atomic E-state index is -0.905. The van der Waals surface area contributed by atoms with E-state index < -0.39 is 17.0 Å². The summed E-state index contributed by atoms with van der Waals surface area (Å²) in [5, 5.41) is 13.5. The van der Waals surface area contributed by atoms with Gasteiger partial charge in [-0.3, -0.25) is 14.9 Å². The van der Waals surface area contributed by atoms with Gasteiger partial charge in [0.15, 0.2) is 12.7 Å². The molecule has 0 aliphatic heterocycles. The van der Waals surface area contributed by atoms with Crippen LogP contribution in [0.4, 0.5) is 5.69 Å². The Morgan fingerprint density at radius 3 is 2.54 bits per heavy atom. The number of carbonyl (C=O) groups excluding carboxylic acids is 2. The van der Waals surface area contributed by atoms with Crippen molar-refractivity contribution in [3.8, 4) is 5.75 Å². The van der Waals surface area contributed by atoms with Crippen LogP contribution in [0.3, 0.4) is 0 Å². The zero-order chi connectivity index (χ0) is 19.1. The fourth-order valence-electron chi connectivity index (χ4n) is 2.92. The normalized spacial score (nSPS) is 20.7. The van der Waals surface area contributed by atoms with Gasteiger partial charge < -0.3 is 14.8 Å². The van der Waals surface area contributed by atoms with E-state index in [1.54, 1.807) is 0 Å². The van der Waals surface area contributed by atoms with Crippen molar-refractivity contribution in [1.82, 2.24) is 5.32 Å². The molecule has 0 radical (unpaired) electrons. The van der Waals surface area contributed by atoms with Crippen LogP contribution in [0.15, 0.2) is 24.3 Å². The van der Waals surface area contributed by atoms with Crippen LogP contribution in [-0.2, 0) is 14.3 Å². The molecule has 1 aliphatic rings. The minimum absolute atomic E-state index is 0.0674. The maximum Gasteiger partial charge on any atom is 0.344 e. The lowest BCUT2D eigenvalue weighted by atomic mass is 9.86. The average molecular weight is 364 g/mol. The molecular formula is C18H24N2O6. The summed E-state index contributed by atoms with van der Waals surface area (Å²) in [6.07, 6.45) is 3.39. The van der Waals surface area contributed by atoms with Crippen LogP contribution in [-0.4, -0.2) is 35.6 Å². The molecule has 26 heavy (non-hydrogen) atoms. The molecule has 1 aromatic rings. The van der Waals surface area contributed by atoms with Crippen LogP contribution >= 0.6 is 0 Å². The largest absolute Gasteiger partial charge is 0.482 e. The van der Waals surface area contributed by atoms with Gasteiger partial charge in [-0.25, -0.2) is 4.79 Å². The number of amides is 1. The predicted octanol–water partition coefficient (Wildman–Crippen LogP) is 2.60. The number of nitrogens with one attached hydrogen (secondary N) is 1. The van der Waals surface area contributed by atoms with Gasteiger partial charge in [-0.15, -0.1) is 0 Å². The van der Waals surface area contributed by atoms with Crippen LogP contribution in [0, 0.1) is 16.0 Å². The van der Waals surface area contributed by atoms with E-state index in [0.717, 1.165) is 19.3 Å². The van der Waals surface area contributed by atoms with Gasteiger partial charge in [-0.2, -0.15) is 0 Å². The van der Waals surface area contributed by atoms with Crippen LogP contribution < -0.4 is 10.1 Å². The quantitative estimate of drug-likeness (QED) is 0.453. The molecule has 1 N–H and O–H groups in total. The highest BCUT2D eigenvalue weighted by atomic mass is 16.6. The molecule has 142 valence electrons. The van der Waals surface area contributed by atoms with Crippen molar-refractivity contribution in [2.24, 2.45) is 5.92 Å². The molecule has 1 aromatic carbocycles. The number of carbonyl (C=O) groups is 2. The molecule has 1 aliphatic carbocycles. The minimum Gasteiger partial charge on any atom is -0.482 e. The van der Waals surface area contributed by atoms with Gasteiger partial charge in [0, 0.05) is 18.2 Å². The van der Waals surface area contributed by atoms with Gasteiger partial charge in [0.2, 0.25) is 0 Å². The number of rotatable bonds is 7. The molecule has 8 nitrogen and oxygen atoms in total. The van der Waals surface area contributed by atoms with Gasteiger partial charge in [0.25, 0.3) is 11.6 Å². The molecular weight excluding hydrogens is 340 g/mol. The number of non-ortho nitro benzene ring substituents is 1. The molecule has 1 amide bonds. The zero-order valence-electron chi connectivity index (χ0n) is 15.0. The first kappa shape index (κ1) is 19.7. The number of benzene rings is 1.